The highest BCUT2D eigenvalue weighted by molar-refractivity contribution is 6.30. The number of halogens is 1. The molecule has 2 aromatic carbocycles. The van der Waals surface area contributed by atoms with Crippen LogP contribution in [0, 0.1) is 5.92 Å². The molecule has 0 spiro atoms. The van der Waals surface area contributed by atoms with Gasteiger partial charge >= 0.3 is 5.97 Å². The molecule has 2 fully saturated rings. The van der Waals surface area contributed by atoms with Crippen molar-refractivity contribution in [2.45, 2.75) is 43.6 Å². The lowest BCUT2D eigenvalue weighted by Crippen LogP contribution is -2.53. The summed E-state index contributed by atoms with van der Waals surface area (Å²) in [6, 6.07) is 18.5. The Morgan fingerprint density at radius 3 is 2.43 bits per heavy atom. The molecule has 2 heterocycles. The largest absolute Gasteiger partial charge is 0.469 e. The molecule has 2 aliphatic heterocycles. The van der Waals surface area contributed by atoms with E-state index in [0.717, 1.165) is 30.4 Å². The van der Waals surface area contributed by atoms with Crippen LogP contribution in [0.2, 0.25) is 5.02 Å². The first-order chi connectivity index (χ1) is 13.6. The van der Waals surface area contributed by atoms with E-state index in [4.69, 9.17) is 21.1 Å². The van der Waals surface area contributed by atoms with E-state index < -0.39 is 0 Å². The van der Waals surface area contributed by atoms with Crippen molar-refractivity contribution in [2.75, 3.05) is 14.2 Å². The van der Waals surface area contributed by atoms with Gasteiger partial charge in [0.2, 0.25) is 0 Å². The molecule has 2 saturated heterocycles. The van der Waals surface area contributed by atoms with Crippen LogP contribution in [-0.4, -0.2) is 43.2 Å². The predicted octanol–water partition coefficient (Wildman–Crippen LogP) is 4.47. The van der Waals surface area contributed by atoms with Crippen LogP contribution < -0.4 is 0 Å². The molecule has 148 valence electrons. The number of hydrogen-bond acceptors (Lipinski definition) is 4. The average Bonchev–Trinajstić information content (AvgIpc) is 2.96. The lowest BCUT2D eigenvalue weighted by molar-refractivity contribution is -0.162. The standard InChI is InChI=1S/C23H26ClNO3/c1-25-18-12-13-19(25)21(23(26)27-2)20(14-18)28-22(15-6-4-3-5-7-15)16-8-10-17(24)11-9-16/h3-11,18-22H,12-14H2,1-2H3/t18?,19?,20-,21-,22?/m0/s1. The van der Waals surface area contributed by atoms with Gasteiger partial charge in [0.25, 0.3) is 0 Å². The number of fused-ring (bicyclic) bond motifs is 2. The third kappa shape index (κ3) is 3.69. The molecule has 2 bridgehead atoms. The van der Waals surface area contributed by atoms with Gasteiger partial charge in [0.1, 0.15) is 6.10 Å². The summed E-state index contributed by atoms with van der Waals surface area (Å²) in [6.07, 6.45) is 2.52. The normalized spacial score (nSPS) is 28.1. The van der Waals surface area contributed by atoms with Crippen molar-refractivity contribution in [1.29, 1.82) is 0 Å². The predicted molar refractivity (Wildman–Crippen MR) is 109 cm³/mol. The van der Waals surface area contributed by atoms with Crippen LogP contribution in [0.15, 0.2) is 54.6 Å². The summed E-state index contributed by atoms with van der Waals surface area (Å²) in [5, 5.41) is 0.695. The van der Waals surface area contributed by atoms with Gasteiger partial charge in [-0.05, 0) is 49.6 Å². The van der Waals surface area contributed by atoms with Crippen LogP contribution >= 0.6 is 11.6 Å². The highest BCUT2D eigenvalue weighted by atomic mass is 35.5. The number of rotatable bonds is 5. The summed E-state index contributed by atoms with van der Waals surface area (Å²) in [5.41, 5.74) is 2.10. The van der Waals surface area contributed by atoms with Crippen molar-refractivity contribution < 1.29 is 14.3 Å². The Labute approximate surface area is 171 Å². The Bertz CT molecular complexity index is 810. The third-order valence-corrected chi connectivity index (χ3v) is 6.53. The molecule has 5 atom stereocenters. The Balaban J connectivity index is 1.67. The molecule has 4 rings (SSSR count). The monoisotopic (exact) mass is 399 g/mol. The minimum absolute atomic E-state index is 0.176. The minimum atomic E-state index is -0.271. The van der Waals surface area contributed by atoms with Crippen molar-refractivity contribution in [2.24, 2.45) is 5.92 Å². The van der Waals surface area contributed by atoms with E-state index in [1.54, 1.807) is 0 Å². The lowest BCUT2D eigenvalue weighted by atomic mass is 9.87. The van der Waals surface area contributed by atoms with Gasteiger partial charge < -0.3 is 9.47 Å². The molecule has 2 aliphatic rings. The van der Waals surface area contributed by atoms with E-state index in [-0.39, 0.29) is 30.1 Å². The molecule has 0 N–H and O–H groups in total. The maximum absolute atomic E-state index is 12.7. The molecule has 0 saturated carbocycles. The molecule has 0 aromatic heterocycles. The van der Waals surface area contributed by atoms with Crippen molar-refractivity contribution in [3.8, 4) is 0 Å². The van der Waals surface area contributed by atoms with Crippen LogP contribution in [0.3, 0.4) is 0 Å². The SMILES string of the molecule is COC(=O)[C@H]1C2CCC(C[C@@H]1OC(c1ccccc1)c1ccc(Cl)cc1)N2C. The number of carbonyl (C=O) groups excluding carboxylic acids is 1. The number of methoxy groups -OCH3 is 1. The van der Waals surface area contributed by atoms with E-state index in [0.29, 0.717) is 11.1 Å². The van der Waals surface area contributed by atoms with Gasteiger partial charge in [-0.1, -0.05) is 54.1 Å². The van der Waals surface area contributed by atoms with E-state index in [9.17, 15) is 4.79 Å². The molecular formula is C23H26ClNO3. The minimum Gasteiger partial charge on any atom is -0.469 e. The van der Waals surface area contributed by atoms with Crippen molar-refractivity contribution in [3.05, 3.63) is 70.7 Å². The second-order valence-electron chi connectivity index (χ2n) is 7.77. The first-order valence-electron chi connectivity index (χ1n) is 9.84. The van der Waals surface area contributed by atoms with Gasteiger partial charge in [-0.2, -0.15) is 0 Å². The maximum atomic E-state index is 12.7. The first-order valence-corrected chi connectivity index (χ1v) is 10.2. The highest BCUT2D eigenvalue weighted by Crippen LogP contribution is 2.42. The molecule has 0 radical (unpaired) electrons. The molecule has 0 aliphatic carbocycles. The number of piperidine rings is 1. The zero-order valence-corrected chi connectivity index (χ0v) is 17.0. The Morgan fingerprint density at radius 2 is 1.75 bits per heavy atom. The number of nitrogens with zero attached hydrogens (tertiary/aromatic N) is 1. The Morgan fingerprint density at radius 1 is 1.07 bits per heavy atom. The molecule has 3 unspecified atom stereocenters. The van der Waals surface area contributed by atoms with Gasteiger partial charge in [0.05, 0.1) is 19.1 Å². The zero-order valence-electron chi connectivity index (χ0n) is 16.3. The van der Waals surface area contributed by atoms with Crippen molar-refractivity contribution >= 4 is 17.6 Å². The average molecular weight is 400 g/mol. The topological polar surface area (TPSA) is 38.8 Å². The van der Waals surface area contributed by atoms with E-state index in [1.807, 2.05) is 42.5 Å². The van der Waals surface area contributed by atoms with Crippen LogP contribution in [0.1, 0.15) is 36.5 Å². The number of carbonyl (C=O) groups is 1. The summed E-state index contributed by atoms with van der Waals surface area (Å²) in [4.78, 5) is 15.0. The fourth-order valence-electron chi connectivity index (χ4n) is 4.80. The third-order valence-electron chi connectivity index (χ3n) is 6.27. The Kier molecular flexibility index (Phi) is 5.72. The fraction of sp³-hybridized carbons (Fsp3) is 0.435. The highest BCUT2D eigenvalue weighted by Gasteiger charge is 2.50. The molecule has 2 aromatic rings. The van der Waals surface area contributed by atoms with Crippen molar-refractivity contribution in [3.63, 3.8) is 0 Å². The number of esters is 1. The molecule has 4 nitrogen and oxygen atoms in total. The van der Waals surface area contributed by atoms with E-state index >= 15 is 0 Å². The second-order valence-corrected chi connectivity index (χ2v) is 8.20. The fourth-order valence-corrected chi connectivity index (χ4v) is 4.92. The van der Waals surface area contributed by atoms with Gasteiger partial charge in [-0.15, -0.1) is 0 Å². The molecule has 28 heavy (non-hydrogen) atoms. The number of hydrogen-bond donors (Lipinski definition) is 0. The summed E-state index contributed by atoms with van der Waals surface area (Å²) in [6.45, 7) is 0. The van der Waals surface area contributed by atoms with Crippen LogP contribution in [0.4, 0.5) is 0 Å². The number of benzene rings is 2. The second kappa shape index (κ2) is 8.24. The molecule has 0 amide bonds. The van der Waals surface area contributed by atoms with Gasteiger partial charge in [-0.25, -0.2) is 0 Å². The van der Waals surface area contributed by atoms with Crippen LogP contribution in [0.5, 0.6) is 0 Å². The Hall–Kier alpha value is -1.88. The first kappa shape index (κ1) is 19.4. The smallest absolute Gasteiger partial charge is 0.312 e. The van der Waals surface area contributed by atoms with Crippen molar-refractivity contribution in [1.82, 2.24) is 4.90 Å². The summed E-state index contributed by atoms with van der Waals surface area (Å²) < 4.78 is 11.9. The lowest BCUT2D eigenvalue weighted by Gasteiger charge is -2.42. The van der Waals surface area contributed by atoms with Gasteiger partial charge in [0, 0.05) is 17.1 Å². The molecular weight excluding hydrogens is 374 g/mol. The van der Waals surface area contributed by atoms with Gasteiger partial charge in [-0.3, -0.25) is 9.69 Å². The summed E-state index contributed by atoms with van der Waals surface area (Å²) >= 11 is 6.09. The maximum Gasteiger partial charge on any atom is 0.312 e. The van der Waals surface area contributed by atoms with E-state index in [1.165, 1.54) is 7.11 Å². The van der Waals surface area contributed by atoms with Gasteiger partial charge in [0.15, 0.2) is 0 Å². The number of ether oxygens (including phenoxy) is 2. The van der Waals surface area contributed by atoms with E-state index in [2.05, 4.69) is 24.1 Å². The summed E-state index contributed by atoms with van der Waals surface area (Å²) in [5.74, 6) is -0.447. The van der Waals surface area contributed by atoms with Crippen LogP contribution in [0.25, 0.3) is 0 Å². The summed E-state index contributed by atoms with van der Waals surface area (Å²) in [7, 11) is 3.58. The van der Waals surface area contributed by atoms with Crippen LogP contribution in [-0.2, 0) is 14.3 Å². The quantitative estimate of drug-likeness (QED) is 0.695. The zero-order chi connectivity index (χ0) is 19.7. The molecule has 5 heteroatoms.